The first-order chi connectivity index (χ1) is 21.8. The topological polar surface area (TPSA) is 144 Å². The minimum Gasteiger partial charge on any atom is -0.870 e. The van der Waals surface area contributed by atoms with Crippen LogP contribution in [-0.2, 0) is 27.2 Å². The van der Waals surface area contributed by atoms with Crippen LogP contribution in [0, 0.1) is 11.8 Å². The summed E-state index contributed by atoms with van der Waals surface area (Å²) in [4.78, 5) is 52.0. The molecular formula is C34H51F2LiN4O7. The number of hydrogen-bond donors (Lipinski definition) is 1. The zero-order valence-corrected chi connectivity index (χ0v) is 29.2. The Bertz CT molecular complexity index is 1410. The number of pyridine rings is 2. The van der Waals surface area contributed by atoms with Gasteiger partial charge in [0.05, 0.1) is 6.61 Å². The second-order valence-electron chi connectivity index (χ2n) is 13.2. The van der Waals surface area contributed by atoms with E-state index >= 15 is 0 Å². The van der Waals surface area contributed by atoms with Crippen LogP contribution in [0.1, 0.15) is 70.7 Å². The van der Waals surface area contributed by atoms with Crippen molar-refractivity contribution in [2.24, 2.45) is 11.8 Å². The summed E-state index contributed by atoms with van der Waals surface area (Å²) in [6.45, 7) is 13.3. The van der Waals surface area contributed by atoms with Crippen LogP contribution in [0.4, 0.5) is 8.78 Å². The molecule has 0 aliphatic carbocycles. The molecule has 14 heteroatoms. The van der Waals surface area contributed by atoms with Gasteiger partial charge in [-0.05, 0) is 55.6 Å². The van der Waals surface area contributed by atoms with E-state index in [1.807, 2.05) is 37.5 Å². The number of aliphatic carboxylic acids is 1. The third-order valence-electron chi connectivity index (χ3n) is 8.16. The largest absolute Gasteiger partial charge is 1.00 e. The predicted molar refractivity (Wildman–Crippen MR) is 175 cm³/mol. The number of carboxylic acid groups (broad SMARTS) is 1. The summed E-state index contributed by atoms with van der Waals surface area (Å²) in [5.41, 5.74) is 1.36. The van der Waals surface area contributed by atoms with E-state index < -0.39 is 30.4 Å². The summed E-state index contributed by atoms with van der Waals surface area (Å²) in [5.74, 6) is -0.916. The van der Waals surface area contributed by atoms with Crippen LogP contribution in [0.2, 0.25) is 0 Å². The normalized spacial score (nSPS) is 16.4. The van der Waals surface area contributed by atoms with Crippen LogP contribution < -0.4 is 30.0 Å². The number of aromatic nitrogens is 2. The fraction of sp³-hybridized carbons (Fsp3) is 0.647. The quantitative estimate of drug-likeness (QED) is 0.214. The summed E-state index contributed by atoms with van der Waals surface area (Å²) in [6, 6.07) is 4.97. The summed E-state index contributed by atoms with van der Waals surface area (Å²) < 4.78 is 33.6. The summed E-state index contributed by atoms with van der Waals surface area (Å²) in [7, 11) is 0. The van der Waals surface area contributed by atoms with Crippen LogP contribution in [0.5, 0.6) is 0 Å². The van der Waals surface area contributed by atoms with Crippen molar-refractivity contribution in [3.8, 4) is 0 Å². The molecule has 48 heavy (non-hydrogen) atoms. The molecule has 0 radical (unpaired) electrons. The number of carboxylic acids is 1. The number of likely N-dealkylation sites (tertiary alicyclic amines) is 2. The SMILES string of the molecule is CC(C)CC(C(=O)O)n1cc(CCN2CC(F)C2)ccc1=O.CCOC(=O)C(CC(C)C)n1cc(CCN2CC(F)C2)ccc1=O.[Li+].[OH-]. The van der Waals surface area contributed by atoms with E-state index in [9.17, 15) is 33.1 Å². The van der Waals surface area contributed by atoms with Gasteiger partial charge in [-0.25, -0.2) is 18.4 Å². The van der Waals surface area contributed by atoms with Crippen molar-refractivity contribution in [2.75, 3.05) is 45.9 Å². The third-order valence-corrected chi connectivity index (χ3v) is 8.16. The summed E-state index contributed by atoms with van der Waals surface area (Å²) in [6.07, 6.45) is 4.32. The zero-order chi connectivity index (χ0) is 34.0. The number of halogens is 2. The zero-order valence-electron chi connectivity index (χ0n) is 29.2. The van der Waals surface area contributed by atoms with Gasteiger partial charge < -0.3 is 24.5 Å². The van der Waals surface area contributed by atoms with Crippen molar-refractivity contribution in [3.05, 3.63) is 68.5 Å². The second-order valence-corrected chi connectivity index (χ2v) is 13.2. The Morgan fingerprint density at radius 1 is 0.792 bits per heavy atom. The van der Waals surface area contributed by atoms with Gasteiger partial charge in [-0.15, -0.1) is 0 Å². The van der Waals surface area contributed by atoms with E-state index in [1.165, 1.54) is 21.3 Å². The van der Waals surface area contributed by atoms with Crippen molar-refractivity contribution in [3.63, 3.8) is 0 Å². The number of carbonyl (C=O) groups excluding carboxylic acids is 1. The Hall–Kier alpha value is -2.82. The van der Waals surface area contributed by atoms with Crippen LogP contribution in [0.25, 0.3) is 0 Å². The first-order valence-corrected chi connectivity index (χ1v) is 16.3. The van der Waals surface area contributed by atoms with Crippen molar-refractivity contribution >= 4 is 11.9 Å². The van der Waals surface area contributed by atoms with E-state index in [4.69, 9.17) is 4.74 Å². The molecular weight excluding hydrogens is 621 g/mol. The Morgan fingerprint density at radius 2 is 1.19 bits per heavy atom. The molecule has 4 heterocycles. The molecule has 2 aliphatic rings. The molecule has 2 atom stereocenters. The number of hydrogen-bond acceptors (Lipinski definition) is 8. The van der Waals surface area contributed by atoms with Crippen LogP contribution in [0.3, 0.4) is 0 Å². The van der Waals surface area contributed by atoms with E-state index in [0.717, 1.165) is 30.6 Å². The van der Waals surface area contributed by atoms with E-state index in [1.54, 1.807) is 31.5 Å². The molecule has 2 unspecified atom stereocenters. The van der Waals surface area contributed by atoms with Gasteiger partial charge in [0.25, 0.3) is 11.1 Å². The van der Waals surface area contributed by atoms with Gasteiger partial charge in [-0.1, -0.05) is 39.8 Å². The van der Waals surface area contributed by atoms with Gasteiger partial charge in [0.2, 0.25) is 0 Å². The van der Waals surface area contributed by atoms with Crippen LogP contribution >= 0.6 is 0 Å². The molecule has 2 aromatic rings. The molecule has 2 fully saturated rings. The minimum absolute atomic E-state index is 0. The number of nitrogens with zero attached hydrogens (tertiary/aromatic N) is 4. The van der Waals surface area contributed by atoms with Crippen molar-refractivity contribution < 1.29 is 52.6 Å². The van der Waals surface area contributed by atoms with Gasteiger partial charge in [0.1, 0.15) is 24.4 Å². The number of carbonyl (C=O) groups is 2. The van der Waals surface area contributed by atoms with Crippen LogP contribution in [0.15, 0.2) is 46.2 Å². The van der Waals surface area contributed by atoms with Gasteiger partial charge in [0.15, 0.2) is 0 Å². The first-order valence-electron chi connectivity index (χ1n) is 16.3. The standard InChI is InChI=1S/C18H27FN2O3.C16H23FN2O3.Li.H2O/c1-4-24-18(23)16(9-13(2)3)21-10-14(5-6-17(21)22)7-8-20-11-15(19)12-20;1-11(2)7-14(16(21)22)19-8-12(3-4-15(19)20)5-6-18-9-13(17)10-18;;/h5-6,10,13,15-16H,4,7-9,11-12H2,1-3H3;3-4,8,11,13-14H,5-7,9-10H2,1-2H3,(H,21,22);;1H2/q;;+1;/p-1. The molecule has 0 amide bonds. The number of ether oxygens (including phenoxy) is 1. The molecule has 2 aromatic heterocycles. The Labute approximate surface area is 293 Å². The molecule has 0 bridgehead atoms. The maximum absolute atomic E-state index is 12.9. The Morgan fingerprint density at radius 3 is 1.54 bits per heavy atom. The van der Waals surface area contributed by atoms with E-state index in [2.05, 4.69) is 0 Å². The molecule has 0 saturated carbocycles. The van der Waals surface area contributed by atoms with Crippen molar-refractivity contribution in [1.82, 2.24) is 18.9 Å². The van der Waals surface area contributed by atoms with Crippen LogP contribution in [-0.4, -0.2) is 99.7 Å². The average Bonchev–Trinajstić information content (AvgIpc) is 2.95. The predicted octanol–water partition coefficient (Wildman–Crippen LogP) is 0.738. The monoisotopic (exact) mass is 672 g/mol. The fourth-order valence-electron chi connectivity index (χ4n) is 5.62. The smallest absolute Gasteiger partial charge is 0.870 e. The minimum atomic E-state index is -0.990. The molecule has 2 aliphatic heterocycles. The van der Waals surface area contributed by atoms with Gasteiger partial charge in [-0.2, -0.15) is 0 Å². The molecule has 2 N–H and O–H groups in total. The van der Waals surface area contributed by atoms with E-state index in [0.29, 0.717) is 52.0 Å². The van der Waals surface area contributed by atoms with Crippen molar-refractivity contribution in [2.45, 2.75) is 84.7 Å². The first kappa shape index (κ1) is 43.2. The Balaban J connectivity index is 0.000000462. The maximum Gasteiger partial charge on any atom is 1.00 e. The number of esters is 1. The molecule has 264 valence electrons. The molecule has 2 saturated heterocycles. The van der Waals surface area contributed by atoms with E-state index in [-0.39, 0.29) is 53.3 Å². The Kier molecular flexibility index (Phi) is 18.6. The van der Waals surface area contributed by atoms with Gasteiger partial charge >= 0.3 is 30.8 Å². The number of alkyl halides is 2. The maximum atomic E-state index is 12.9. The summed E-state index contributed by atoms with van der Waals surface area (Å²) >= 11 is 0. The number of rotatable bonds is 15. The van der Waals surface area contributed by atoms with Crippen molar-refractivity contribution in [1.29, 1.82) is 0 Å². The molecule has 4 rings (SSSR count). The van der Waals surface area contributed by atoms with Gasteiger partial charge in [-0.3, -0.25) is 19.4 Å². The molecule has 0 aromatic carbocycles. The average molecular weight is 673 g/mol. The molecule has 0 spiro atoms. The van der Waals surface area contributed by atoms with Gasteiger partial charge in [0, 0.05) is 63.8 Å². The fourth-order valence-corrected chi connectivity index (χ4v) is 5.62. The molecule has 11 nitrogen and oxygen atoms in total. The summed E-state index contributed by atoms with van der Waals surface area (Å²) in [5, 5.41) is 9.38. The second kappa shape index (κ2) is 20.6. The third kappa shape index (κ3) is 13.2.